The molecule has 1 aromatic heterocycles. The first-order valence-corrected chi connectivity index (χ1v) is 12.3. The van der Waals surface area contributed by atoms with E-state index in [0.29, 0.717) is 9.99 Å². The lowest BCUT2D eigenvalue weighted by Crippen LogP contribution is -2.72. The molecule has 12 nitrogen and oxygen atoms in total. The number of aliphatic carboxylic acids is 2. The van der Waals surface area contributed by atoms with Crippen LogP contribution >= 0.6 is 46.5 Å². The molecule has 0 aliphatic carbocycles. The molecule has 2 aliphatic rings. The number of amides is 2. The maximum absolute atomic E-state index is 12.6. The van der Waals surface area contributed by atoms with E-state index in [1.807, 2.05) is 0 Å². The number of oxime groups is 1. The summed E-state index contributed by atoms with van der Waals surface area (Å²) in [5.41, 5.74) is 5.57. The number of carboxylic acid groups (broad SMARTS) is 2. The number of thioether (sulfide) groups is 2. The number of halogens is 4. The summed E-state index contributed by atoms with van der Waals surface area (Å²) >= 11 is 9.25. The van der Waals surface area contributed by atoms with Crippen molar-refractivity contribution in [2.45, 2.75) is 18.3 Å². The third-order valence-electron chi connectivity index (χ3n) is 4.12. The minimum atomic E-state index is -5.08. The van der Waals surface area contributed by atoms with Crippen LogP contribution in [0, 0.1) is 0 Å². The van der Waals surface area contributed by atoms with Gasteiger partial charge >= 0.3 is 18.1 Å². The number of fused-ring (bicyclic) bond motifs is 1. The van der Waals surface area contributed by atoms with Crippen molar-refractivity contribution in [2.24, 2.45) is 5.16 Å². The highest BCUT2D eigenvalue weighted by atomic mass is 35.5. The monoisotopic (exact) mass is 577 g/mol. The topological polar surface area (TPSA) is 185 Å². The maximum atomic E-state index is 12.6. The fourth-order valence-electron chi connectivity index (χ4n) is 2.73. The fraction of sp³-hybridized carbons (Fsp3) is 0.375. The zero-order valence-corrected chi connectivity index (χ0v) is 20.4. The van der Waals surface area contributed by atoms with Crippen molar-refractivity contribution < 1.29 is 47.4 Å². The van der Waals surface area contributed by atoms with E-state index in [1.165, 1.54) is 23.8 Å². The number of nitrogen functional groups attached to an aromatic ring is 1. The van der Waals surface area contributed by atoms with Crippen LogP contribution in [0.1, 0.15) is 5.69 Å². The van der Waals surface area contributed by atoms with Crippen LogP contribution in [0.15, 0.2) is 20.5 Å². The Morgan fingerprint density at radius 3 is 2.51 bits per heavy atom. The van der Waals surface area contributed by atoms with Crippen LogP contribution in [0.25, 0.3) is 0 Å². The molecule has 0 spiro atoms. The van der Waals surface area contributed by atoms with Crippen LogP contribution in [0.4, 0.5) is 18.3 Å². The number of aromatic nitrogens is 1. The molecule has 0 saturated carbocycles. The minimum absolute atomic E-state index is 0.111. The molecule has 5 N–H and O–H groups in total. The van der Waals surface area contributed by atoms with Crippen molar-refractivity contribution in [3.8, 4) is 0 Å². The van der Waals surface area contributed by atoms with Gasteiger partial charge in [0.1, 0.15) is 18.8 Å². The fourth-order valence-corrected chi connectivity index (χ4v) is 5.92. The molecule has 1 fully saturated rings. The lowest BCUT2D eigenvalue weighted by atomic mass is 9.95. The minimum Gasteiger partial charge on any atom is -0.477 e. The van der Waals surface area contributed by atoms with E-state index in [-0.39, 0.29) is 27.4 Å². The number of nitrogens with one attached hydrogen (secondary N) is 1. The molecule has 2 unspecified atom stereocenters. The van der Waals surface area contributed by atoms with Crippen LogP contribution in [-0.4, -0.2) is 85.9 Å². The smallest absolute Gasteiger partial charge is 0.477 e. The Morgan fingerprint density at radius 1 is 1.43 bits per heavy atom. The van der Waals surface area contributed by atoms with Crippen molar-refractivity contribution in [2.75, 3.05) is 23.8 Å². The number of thiazole rings is 1. The first-order valence-electron chi connectivity index (χ1n) is 8.89. The van der Waals surface area contributed by atoms with E-state index in [9.17, 15) is 32.7 Å². The van der Waals surface area contributed by atoms with Gasteiger partial charge in [-0.05, 0) is 0 Å². The summed E-state index contributed by atoms with van der Waals surface area (Å²) in [6.07, 6.45) is -5.08. The molecular weight excluding hydrogens is 563 g/mol. The van der Waals surface area contributed by atoms with Gasteiger partial charge in [-0.15, -0.1) is 46.5 Å². The van der Waals surface area contributed by atoms with Gasteiger partial charge in [-0.2, -0.15) is 13.2 Å². The molecule has 1 aromatic rings. The number of β-lactam (4-membered cyclic amide) rings is 1. The van der Waals surface area contributed by atoms with Crippen molar-refractivity contribution >= 4 is 81.1 Å². The Labute approximate surface area is 211 Å². The highest BCUT2D eigenvalue weighted by Gasteiger charge is 2.54. The molecule has 0 radical (unpaired) electrons. The Balaban J connectivity index is 0.000000540. The van der Waals surface area contributed by atoms with E-state index in [0.717, 1.165) is 23.1 Å². The molecule has 0 bridgehead atoms. The van der Waals surface area contributed by atoms with Crippen molar-refractivity contribution in [3.63, 3.8) is 0 Å². The lowest BCUT2D eigenvalue weighted by Gasteiger charge is -2.49. The van der Waals surface area contributed by atoms with Crippen LogP contribution in [-0.2, 0) is 24.0 Å². The van der Waals surface area contributed by atoms with Crippen molar-refractivity contribution in [1.82, 2.24) is 15.2 Å². The first-order chi connectivity index (χ1) is 16.3. The van der Waals surface area contributed by atoms with Gasteiger partial charge in [0, 0.05) is 11.1 Å². The number of carbonyl (C=O) groups is 4. The summed E-state index contributed by atoms with van der Waals surface area (Å²) < 4.78 is 32.2. The molecule has 3 rings (SSSR count). The largest absolute Gasteiger partial charge is 0.490 e. The molecule has 35 heavy (non-hydrogen) atoms. The quantitative estimate of drug-likeness (QED) is 0.159. The number of hydrogen-bond donors (Lipinski definition) is 4. The number of carbonyl (C=O) groups excluding carboxylic acids is 2. The molecule has 0 aromatic carbocycles. The van der Waals surface area contributed by atoms with Crippen LogP contribution in [0.5, 0.6) is 0 Å². The highest BCUT2D eigenvalue weighted by molar-refractivity contribution is 8.22. The summed E-state index contributed by atoms with van der Waals surface area (Å²) in [6, 6.07) is -1.37. The van der Waals surface area contributed by atoms with Crippen molar-refractivity contribution in [1.29, 1.82) is 0 Å². The van der Waals surface area contributed by atoms with Gasteiger partial charge in [-0.1, -0.05) is 5.16 Å². The molecule has 2 amide bonds. The lowest BCUT2D eigenvalue weighted by molar-refractivity contribution is -0.192. The highest BCUT2D eigenvalue weighted by Crippen LogP contribution is 2.44. The van der Waals surface area contributed by atoms with E-state index in [1.54, 1.807) is 5.38 Å². The van der Waals surface area contributed by atoms with Gasteiger partial charge < -0.3 is 26.1 Å². The van der Waals surface area contributed by atoms with Gasteiger partial charge in [-0.3, -0.25) is 14.5 Å². The van der Waals surface area contributed by atoms with Gasteiger partial charge in [0.2, 0.25) is 0 Å². The van der Waals surface area contributed by atoms with E-state index in [4.69, 9.17) is 32.1 Å². The summed E-state index contributed by atoms with van der Waals surface area (Å²) in [7, 11) is 1.27. The Kier molecular flexibility index (Phi) is 9.64. The molecular formula is C16H15ClF3N5O7S3. The number of nitrogens with two attached hydrogens (primary N) is 1. The first kappa shape index (κ1) is 28.5. The summed E-state index contributed by atoms with van der Waals surface area (Å²) in [6.45, 7) is 0. The Bertz CT molecular complexity index is 1080. The second kappa shape index (κ2) is 11.8. The van der Waals surface area contributed by atoms with Gasteiger partial charge in [0.15, 0.2) is 16.5 Å². The van der Waals surface area contributed by atoms with E-state index >= 15 is 0 Å². The summed E-state index contributed by atoms with van der Waals surface area (Å²) in [5, 5.41) is 24.8. The second-order valence-electron chi connectivity index (χ2n) is 6.23. The van der Waals surface area contributed by atoms with Gasteiger partial charge in [0.25, 0.3) is 11.8 Å². The summed E-state index contributed by atoms with van der Waals surface area (Å²) in [5.74, 6) is -4.74. The predicted molar refractivity (Wildman–Crippen MR) is 122 cm³/mol. The van der Waals surface area contributed by atoms with Gasteiger partial charge in [0.05, 0.1) is 15.5 Å². The molecule has 2 atom stereocenters. The number of hydrogen-bond acceptors (Lipinski definition) is 11. The Morgan fingerprint density at radius 2 is 2.06 bits per heavy atom. The summed E-state index contributed by atoms with van der Waals surface area (Å²) in [4.78, 5) is 55.6. The average molecular weight is 578 g/mol. The molecule has 192 valence electrons. The number of rotatable bonds is 7. The van der Waals surface area contributed by atoms with E-state index < -0.39 is 42.0 Å². The SMILES string of the molecule is CON=C(C(=O)NC1C(=O)N2C(C(=O)O)=C(SCCl)SCC12)c1csc(N)n1.O=C(O)C(F)(F)F. The van der Waals surface area contributed by atoms with Crippen LogP contribution in [0.3, 0.4) is 0 Å². The van der Waals surface area contributed by atoms with Crippen molar-refractivity contribution in [3.05, 3.63) is 21.0 Å². The average Bonchev–Trinajstić information content (AvgIpc) is 3.20. The van der Waals surface area contributed by atoms with Crippen LogP contribution in [0.2, 0.25) is 0 Å². The number of alkyl halides is 4. The number of anilines is 1. The third-order valence-corrected chi connectivity index (χ3v) is 7.36. The third kappa shape index (κ3) is 6.71. The number of carboxylic acids is 2. The standard InChI is InChI=1S/C14H14ClN5O5S3.C2HF3O2/c1-25-19-7(5-2-27-14(16)17-5)10(21)18-8-6-3-26-13(28-4-15)9(12(23)24)20(6)11(8)22;3-2(4,5)1(6)7/h2,6,8H,3-4H2,1H3,(H2,16,17)(H,18,21)(H,23,24);(H,6,7). The zero-order chi connectivity index (χ0) is 26.5. The molecule has 3 heterocycles. The van der Waals surface area contributed by atoms with E-state index in [2.05, 4.69) is 15.5 Å². The molecule has 19 heteroatoms. The van der Waals surface area contributed by atoms with Crippen LogP contribution < -0.4 is 11.1 Å². The molecule has 1 saturated heterocycles. The maximum Gasteiger partial charge on any atom is 0.490 e. The predicted octanol–water partition coefficient (Wildman–Crippen LogP) is 1.33. The number of nitrogens with zero attached hydrogens (tertiary/aromatic N) is 3. The van der Waals surface area contributed by atoms with Gasteiger partial charge in [-0.25, -0.2) is 14.6 Å². The Hall–Kier alpha value is -2.70. The second-order valence-corrected chi connectivity index (χ2v) is 9.98. The normalized spacial score (nSPS) is 19.7. The molecule has 2 aliphatic heterocycles. The zero-order valence-electron chi connectivity index (χ0n) is 17.2.